The summed E-state index contributed by atoms with van der Waals surface area (Å²) in [6, 6.07) is 6.10. The fraction of sp³-hybridized carbons (Fsp3) is 0.308. The summed E-state index contributed by atoms with van der Waals surface area (Å²) in [6.07, 6.45) is 1.67. The van der Waals surface area contributed by atoms with Gasteiger partial charge in [0.15, 0.2) is 0 Å². The number of rotatable bonds is 5. The fourth-order valence-electron chi connectivity index (χ4n) is 1.48. The van der Waals surface area contributed by atoms with Gasteiger partial charge in [0.2, 0.25) is 0 Å². The van der Waals surface area contributed by atoms with E-state index in [9.17, 15) is 4.79 Å². The highest BCUT2D eigenvalue weighted by atomic mass is 79.9. The number of aliphatic carboxylic acids is 1. The zero-order valence-corrected chi connectivity index (χ0v) is 10.9. The predicted molar refractivity (Wildman–Crippen MR) is 69.4 cm³/mol. The molecule has 1 aromatic carbocycles. The van der Waals surface area contributed by atoms with Crippen molar-refractivity contribution in [3.8, 4) is 0 Å². The molecule has 0 aromatic heterocycles. The first-order valence-electron chi connectivity index (χ1n) is 5.16. The Hall–Kier alpha value is -1.09. The van der Waals surface area contributed by atoms with Gasteiger partial charge in [-0.25, -0.2) is 0 Å². The number of benzene rings is 1. The van der Waals surface area contributed by atoms with E-state index in [0.717, 1.165) is 27.6 Å². The molecule has 0 aliphatic heterocycles. The molecule has 0 aliphatic carbocycles. The third-order valence-electron chi connectivity index (χ3n) is 2.31. The Labute approximate surface area is 104 Å². The van der Waals surface area contributed by atoms with E-state index in [0.29, 0.717) is 6.42 Å². The molecule has 0 spiro atoms. The fourth-order valence-corrected chi connectivity index (χ4v) is 2.03. The molecule has 86 valence electrons. The molecule has 0 saturated heterocycles. The smallest absolute Gasteiger partial charge is 0.303 e. The van der Waals surface area contributed by atoms with Gasteiger partial charge in [-0.05, 0) is 43.0 Å². The van der Waals surface area contributed by atoms with Crippen molar-refractivity contribution in [1.82, 2.24) is 0 Å². The van der Waals surface area contributed by atoms with Crippen LogP contribution in [0.25, 0.3) is 5.57 Å². The molecule has 0 unspecified atom stereocenters. The molecule has 0 atom stereocenters. The average Bonchev–Trinajstić information content (AvgIpc) is 2.16. The van der Waals surface area contributed by atoms with E-state index in [2.05, 4.69) is 28.6 Å². The van der Waals surface area contributed by atoms with Crippen LogP contribution in [0.3, 0.4) is 0 Å². The number of carboxylic acids is 1. The van der Waals surface area contributed by atoms with E-state index in [1.54, 1.807) is 0 Å². The second-order valence-corrected chi connectivity index (χ2v) is 4.79. The summed E-state index contributed by atoms with van der Waals surface area (Å²) in [5, 5.41) is 8.57. The Morgan fingerprint density at radius 3 is 2.69 bits per heavy atom. The first kappa shape index (κ1) is 13.0. The maximum Gasteiger partial charge on any atom is 0.303 e. The van der Waals surface area contributed by atoms with Crippen LogP contribution in [0.2, 0.25) is 0 Å². The second-order valence-electron chi connectivity index (χ2n) is 3.88. The van der Waals surface area contributed by atoms with Crippen molar-refractivity contribution in [3.63, 3.8) is 0 Å². The summed E-state index contributed by atoms with van der Waals surface area (Å²) in [7, 11) is 0. The van der Waals surface area contributed by atoms with E-state index in [-0.39, 0.29) is 6.42 Å². The van der Waals surface area contributed by atoms with Crippen LogP contribution >= 0.6 is 15.9 Å². The van der Waals surface area contributed by atoms with Crippen molar-refractivity contribution in [1.29, 1.82) is 0 Å². The highest BCUT2D eigenvalue weighted by Crippen LogP contribution is 2.21. The Kier molecular flexibility index (Phi) is 4.74. The van der Waals surface area contributed by atoms with Crippen molar-refractivity contribution >= 4 is 27.5 Å². The summed E-state index contributed by atoms with van der Waals surface area (Å²) >= 11 is 3.44. The Morgan fingerprint density at radius 1 is 1.44 bits per heavy atom. The van der Waals surface area contributed by atoms with Crippen LogP contribution in [-0.2, 0) is 11.2 Å². The van der Waals surface area contributed by atoms with Gasteiger partial charge in [-0.15, -0.1) is 0 Å². The molecule has 16 heavy (non-hydrogen) atoms. The maximum absolute atomic E-state index is 10.4. The molecule has 3 heteroatoms. The number of aryl methyl sites for hydroxylation is 1. The number of carboxylic acid groups (broad SMARTS) is 1. The molecule has 0 bridgehead atoms. The van der Waals surface area contributed by atoms with E-state index in [4.69, 9.17) is 5.11 Å². The van der Waals surface area contributed by atoms with Crippen molar-refractivity contribution in [3.05, 3.63) is 40.4 Å². The summed E-state index contributed by atoms with van der Waals surface area (Å²) in [5.74, 6) is -0.741. The van der Waals surface area contributed by atoms with Crippen LogP contribution in [-0.4, -0.2) is 11.1 Å². The molecule has 1 rings (SSSR count). The van der Waals surface area contributed by atoms with E-state index >= 15 is 0 Å². The third-order valence-corrected chi connectivity index (χ3v) is 2.76. The van der Waals surface area contributed by atoms with E-state index in [1.807, 2.05) is 19.1 Å². The van der Waals surface area contributed by atoms with Gasteiger partial charge < -0.3 is 5.11 Å². The van der Waals surface area contributed by atoms with Crippen LogP contribution in [0, 0.1) is 0 Å². The maximum atomic E-state index is 10.4. The standard InChI is InChI=1S/C13H15BrO2/c1-9(2)11-6-10(7-12(14)8-11)4-3-5-13(15)16/h6-8H,1,3-5H2,2H3,(H,15,16). The Balaban J connectivity index is 2.72. The molecular weight excluding hydrogens is 268 g/mol. The van der Waals surface area contributed by atoms with Gasteiger partial charge in [0.1, 0.15) is 0 Å². The molecule has 1 N–H and O–H groups in total. The number of allylic oxidation sites excluding steroid dienone is 1. The highest BCUT2D eigenvalue weighted by molar-refractivity contribution is 9.10. The van der Waals surface area contributed by atoms with Crippen LogP contribution in [0.1, 0.15) is 30.9 Å². The van der Waals surface area contributed by atoms with Gasteiger partial charge in [-0.2, -0.15) is 0 Å². The monoisotopic (exact) mass is 282 g/mol. The van der Waals surface area contributed by atoms with Crippen LogP contribution < -0.4 is 0 Å². The molecule has 0 radical (unpaired) electrons. The first-order chi connectivity index (χ1) is 7.49. The van der Waals surface area contributed by atoms with Gasteiger partial charge in [-0.1, -0.05) is 34.1 Å². The Bertz CT molecular complexity index is 410. The predicted octanol–water partition coefficient (Wildman–Crippen LogP) is 3.89. The van der Waals surface area contributed by atoms with Crippen LogP contribution in [0.15, 0.2) is 29.3 Å². The zero-order valence-electron chi connectivity index (χ0n) is 9.29. The van der Waals surface area contributed by atoms with Gasteiger partial charge in [0.05, 0.1) is 0 Å². The highest BCUT2D eigenvalue weighted by Gasteiger charge is 2.02. The van der Waals surface area contributed by atoms with Gasteiger partial charge in [-0.3, -0.25) is 4.79 Å². The average molecular weight is 283 g/mol. The lowest BCUT2D eigenvalue weighted by molar-refractivity contribution is -0.137. The van der Waals surface area contributed by atoms with Crippen LogP contribution in [0.4, 0.5) is 0 Å². The van der Waals surface area contributed by atoms with E-state index < -0.39 is 5.97 Å². The molecule has 0 heterocycles. The van der Waals surface area contributed by atoms with Crippen molar-refractivity contribution in [2.75, 3.05) is 0 Å². The number of halogens is 1. The number of hydrogen-bond acceptors (Lipinski definition) is 1. The largest absolute Gasteiger partial charge is 0.481 e. The summed E-state index contributed by atoms with van der Waals surface area (Å²) in [6.45, 7) is 5.86. The summed E-state index contributed by atoms with van der Waals surface area (Å²) in [4.78, 5) is 10.4. The minimum atomic E-state index is -0.741. The molecule has 0 saturated carbocycles. The molecule has 0 amide bonds. The molecule has 2 nitrogen and oxygen atoms in total. The van der Waals surface area contributed by atoms with Gasteiger partial charge in [0.25, 0.3) is 0 Å². The lowest BCUT2D eigenvalue weighted by Gasteiger charge is -2.06. The van der Waals surface area contributed by atoms with Gasteiger partial charge in [0, 0.05) is 10.9 Å². The zero-order chi connectivity index (χ0) is 12.1. The lowest BCUT2D eigenvalue weighted by atomic mass is 10.0. The second kappa shape index (κ2) is 5.85. The Morgan fingerprint density at radius 2 is 2.12 bits per heavy atom. The normalized spacial score (nSPS) is 10.1. The van der Waals surface area contributed by atoms with Gasteiger partial charge >= 0.3 is 5.97 Å². The number of carbonyl (C=O) groups is 1. The minimum absolute atomic E-state index is 0.217. The summed E-state index contributed by atoms with van der Waals surface area (Å²) < 4.78 is 1.01. The van der Waals surface area contributed by atoms with E-state index in [1.165, 1.54) is 0 Å². The molecular formula is C13H15BrO2. The minimum Gasteiger partial charge on any atom is -0.481 e. The first-order valence-corrected chi connectivity index (χ1v) is 5.95. The quantitative estimate of drug-likeness (QED) is 0.890. The van der Waals surface area contributed by atoms with Crippen molar-refractivity contribution < 1.29 is 9.90 Å². The lowest BCUT2D eigenvalue weighted by Crippen LogP contribution is -1.96. The molecule has 0 aliphatic rings. The molecule has 1 aromatic rings. The number of hydrogen-bond donors (Lipinski definition) is 1. The molecule has 0 fully saturated rings. The van der Waals surface area contributed by atoms with Crippen molar-refractivity contribution in [2.24, 2.45) is 0 Å². The van der Waals surface area contributed by atoms with Crippen LogP contribution in [0.5, 0.6) is 0 Å². The summed E-state index contributed by atoms with van der Waals surface area (Å²) in [5.41, 5.74) is 3.26. The van der Waals surface area contributed by atoms with Crippen molar-refractivity contribution in [2.45, 2.75) is 26.2 Å². The third kappa shape index (κ3) is 4.19. The SMILES string of the molecule is C=C(C)c1cc(Br)cc(CCCC(=O)O)c1. The topological polar surface area (TPSA) is 37.3 Å².